The van der Waals surface area contributed by atoms with Crippen molar-refractivity contribution in [2.45, 2.75) is 45.2 Å². The van der Waals surface area contributed by atoms with Crippen LogP contribution in [0.1, 0.15) is 48.5 Å². The van der Waals surface area contributed by atoms with Crippen molar-refractivity contribution in [3.8, 4) is 0 Å². The third-order valence-corrected chi connectivity index (χ3v) is 4.90. The molecule has 1 amide bonds. The Bertz CT molecular complexity index is 550. The highest BCUT2D eigenvalue weighted by Crippen LogP contribution is 2.25. The Morgan fingerprint density at radius 1 is 1.25 bits per heavy atom. The molecule has 0 radical (unpaired) electrons. The lowest BCUT2D eigenvalue weighted by atomic mass is 10.1. The summed E-state index contributed by atoms with van der Waals surface area (Å²) >= 11 is 0. The number of benzene rings is 1. The minimum Gasteiger partial charge on any atom is -0.465 e. The fraction of sp³-hybridized carbons (Fsp3) is 0.579. The number of rotatable bonds is 7. The molecular weight excluding hydrogens is 304 g/mol. The number of nitrogens with zero attached hydrogens (tertiary/aromatic N) is 1. The quantitative estimate of drug-likeness (QED) is 0.780. The molecule has 0 aromatic heterocycles. The zero-order chi connectivity index (χ0) is 17.5. The second-order valence-corrected chi connectivity index (χ2v) is 6.67. The van der Waals surface area contributed by atoms with Crippen LogP contribution >= 0.6 is 0 Å². The first-order valence-electron chi connectivity index (χ1n) is 8.66. The van der Waals surface area contributed by atoms with Crippen molar-refractivity contribution in [3.63, 3.8) is 0 Å². The smallest absolute Gasteiger partial charge is 0.337 e. The number of ether oxygens (including phenoxy) is 1. The van der Waals surface area contributed by atoms with E-state index in [2.05, 4.69) is 15.0 Å². The average molecular weight is 332 g/mol. The van der Waals surface area contributed by atoms with E-state index in [9.17, 15) is 9.59 Å². The van der Waals surface area contributed by atoms with Gasteiger partial charge in [0, 0.05) is 13.1 Å². The maximum absolute atomic E-state index is 12.3. The van der Waals surface area contributed by atoms with Crippen LogP contribution in [0.25, 0.3) is 0 Å². The fourth-order valence-corrected chi connectivity index (χ4v) is 3.17. The minimum absolute atomic E-state index is 0.0348. The first kappa shape index (κ1) is 18.5. The molecule has 1 N–H and O–H groups in total. The second-order valence-electron chi connectivity index (χ2n) is 6.67. The van der Waals surface area contributed by atoms with Crippen molar-refractivity contribution in [1.29, 1.82) is 0 Å². The van der Waals surface area contributed by atoms with Crippen LogP contribution in [-0.4, -0.2) is 43.5 Å². The Balaban J connectivity index is 1.79. The molecular formula is C19H28N2O3. The number of methoxy groups -OCH3 is 1. The van der Waals surface area contributed by atoms with Gasteiger partial charge < -0.3 is 10.1 Å². The van der Waals surface area contributed by atoms with Gasteiger partial charge >= 0.3 is 5.97 Å². The average Bonchev–Trinajstić information content (AvgIpc) is 3.11. The van der Waals surface area contributed by atoms with Gasteiger partial charge in [-0.05, 0) is 50.4 Å². The van der Waals surface area contributed by atoms with Crippen molar-refractivity contribution in [2.75, 3.05) is 20.7 Å². The monoisotopic (exact) mass is 332 g/mol. The van der Waals surface area contributed by atoms with E-state index in [-0.39, 0.29) is 17.9 Å². The van der Waals surface area contributed by atoms with Crippen LogP contribution < -0.4 is 5.32 Å². The van der Waals surface area contributed by atoms with E-state index in [1.807, 2.05) is 26.1 Å². The Morgan fingerprint density at radius 2 is 1.88 bits per heavy atom. The molecule has 0 spiro atoms. The summed E-state index contributed by atoms with van der Waals surface area (Å²) in [6, 6.07) is 6.95. The summed E-state index contributed by atoms with van der Waals surface area (Å²) in [4.78, 5) is 25.9. The van der Waals surface area contributed by atoms with Gasteiger partial charge in [0.2, 0.25) is 5.91 Å². The summed E-state index contributed by atoms with van der Waals surface area (Å²) in [7, 11) is 3.38. The second kappa shape index (κ2) is 8.83. The van der Waals surface area contributed by atoms with Gasteiger partial charge in [0.05, 0.1) is 18.7 Å². The SMILES string of the molecule is COC(=O)c1ccc(CNC(=O)C(C)N(C)CC2CCCC2)cc1. The van der Waals surface area contributed by atoms with Crippen molar-refractivity contribution >= 4 is 11.9 Å². The summed E-state index contributed by atoms with van der Waals surface area (Å²) in [6.07, 6.45) is 5.21. The van der Waals surface area contributed by atoms with Crippen molar-refractivity contribution < 1.29 is 14.3 Å². The van der Waals surface area contributed by atoms with Gasteiger partial charge in [0.1, 0.15) is 0 Å². The van der Waals surface area contributed by atoms with Crippen LogP contribution in [0.15, 0.2) is 24.3 Å². The molecule has 1 saturated carbocycles. The lowest BCUT2D eigenvalue weighted by Gasteiger charge is -2.26. The van der Waals surface area contributed by atoms with Crippen LogP contribution in [-0.2, 0) is 16.1 Å². The number of carbonyl (C=O) groups excluding carboxylic acids is 2. The largest absolute Gasteiger partial charge is 0.465 e. The topological polar surface area (TPSA) is 58.6 Å². The van der Waals surface area contributed by atoms with E-state index in [0.29, 0.717) is 12.1 Å². The van der Waals surface area contributed by atoms with E-state index in [1.54, 1.807) is 12.1 Å². The maximum Gasteiger partial charge on any atom is 0.337 e. The lowest BCUT2D eigenvalue weighted by molar-refractivity contribution is -0.125. The fourth-order valence-electron chi connectivity index (χ4n) is 3.17. The van der Waals surface area contributed by atoms with E-state index < -0.39 is 0 Å². The number of hydrogen-bond acceptors (Lipinski definition) is 4. The number of esters is 1. The van der Waals surface area contributed by atoms with Gasteiger partial charge in [-0.2, -0.15) is 0 Å². The number of carbonyl (C=O) groups is 2. The molecule has 1 atom stereocenters. The van der Waals surface area contributed by atoms with E-state index in [0.717, 1.165) is 18.0 Å². The first-order chi connectivity index (χ1) is 11.5. The molecule has 1 fully saturated rings. The standard InChI is InChI=1S/C19H28N2O3/c1-14(21(2)13-16-6-4-5-7-16)18(22)20-12-15-8-10-17(11-9-15)19(23)24-3/h8-11,14,16H,4-7,12-13H2,1-3H3,(H,20,22). The number of amides is 1. The van der Waals surface area contributed by atoms with Crippen LogP contribution in [0, 0.1) is 5.92 Å². The highest BCUT2D eigenvalue weighted by molar-refractivity contribution is 5.89. The molecule has 1 unspecified atom stereocenters. The summed E-state index contributed by atoms with van der Waals surface area (Å²) in [5, 5.41) is 2.97. The minimum atomic E-state index is -0.354. The molecule has 1 aromatic rings. The predicted octanol–water partition coefficient (Wildman–Crippen LogP) is 2.60. The highest BCUT2D eigenvalue weighted by Gasteiger charge is 2.22. The van der Waals surface area contributed by atoms with Gasteiger partial charge in [0.25, 0.3) is 0 Å². The van der Waals surface area contributed by atoms with Crippen molar-refractivity contribution in [3.05, 3.63) is 35.4 Å². The first-order valence-corrected chi connectivity index (χ1v) is 8.66. The molecule has 1 aliphatic carbocycles. The van der Waals surface area contributed by atoms with Crippen LogP contribution in [0.3, 0.4) is 0 Å². The summed E-state index contributed by atoms with van der Waals surface area (Å²) < 4.78 is 4.67. The molecule has 5 heteroatoms. The zero-order valence-corrected chi connectivity index (χ0v) is 14.9. The summed E-state index contributed by atoms with van der Waals surface area (Å²) in [5.41, 5.74) is 1.47. The Kier molecular flexibility index (Phi) is 6.79. The Morgan fingerprint density at radius 3 is 2.46 bits per heavy atom. The molecule has 2 rings (SSSR count). The van der Waals surface area contributed by atoms with Crippen molar-refractivity contribution in [2.24, 2.45) is 5.92 Å². The molecule has 5 nitrogen and oxygen atoms in total. The van der Waals surface area contributed by atoms with Gasteiger partial charge in [-0.1, -0.05) is 25.0 Å². The van der Waals surface area contributed by atoms with Crippen LogP contribution in [0.5, 0.6) is 0 Å². The number of nitrogens with one attached hydrogen (secondary N) is 1. The molecule has 1 aliphatic rings. The zero-order valence-electron chi connectivity index (χ0n) is 14.9. The highest BCUT2D eigenvalue weighted by atomic mass is 16.5. The number of likely N-dealkylation sites (N-methyl/N-ethyl adjacent to an activating group) is 1. The maximum atomic E-state index is 12.3. The van der Waals surface area contributed by atoms with E-state index >= 15 is 0 Å². The van der Waals surface area contributed by atoms with Gasteiger partial charge in [-0.15, -0.1) is 0 Å². The van der Waals surface area contributed by atoms with E-state index in [4.69, 9.17) is 0 Å². The van der Waals surface area contributed by atoms with Gasteiger partial charge in [-0.25, -0.2) is 4.79 Å². The van der Waals surface area contributed by atoms with Crippen molar-refractivity contribution in [1.82, 2.24) is 10.2 Å². The van der Waals surface area contributed by atoms with Gasteiger partial charge in [-0.3, -0.25) is 9.69 Å². The third-order valence-electron chi connectivity index (χ3n) is 4.90. The molecule has 0 saturated heterocycles. The Labute approximate surface area is 144 Å². The predicted molar refractivity (Wildman–Crippen MR) is 93.7 cm³/mol. The van der Waals surface area contributed by atoms with Gasteiger partial charge in [0.15, 0.2) is 0 Å². The molecule has 24 heavy (non-hydrogen) atoms. The molecule has 0 heterocycles. The lowest BCUT2D eigenvalue weighted by Crippen LogP contribution is -2.44. The summed E-state index contributed by atoms with van der Waals surface area (Å²) in [6.45, 7) is 3.40. The Hall–Kier alpha value is -1.88. The van der Waals surface area contributed by atoms with E-state index in [1.165, 1.54) is 32.8 Å². The molecule has 132 valence electrons. The molecule has 0 bridgehead atoms. The number of hydrogen-bond donors (Lipinski definition) is 1. The normalized spacial score (nSPS) is 16.2. The molecule has 1 aromatic carbocycles. The van der Waals surface area contributed by atoms with Crippen LogP contribution in [0.4, 0.5) is 0 Å². The third kappa shape index (κ3) is 5.06. The van der Waals surface area contributed by atoms with Crippen LogP contribution in [0.2, 0.25) is 0 Å². The molecule has 0 aliphatic heterocycles. The summed E-state index contributed by atoms with van der Waals surface area (Å²) in [5.74, 6) is 0.413.